The van der Waals surface area contributed by atoms with Crippen molar-refractivity contribution in [2.45, 2.75) is 222 Å². The number of unbranched alkanes of at least 4 members (excludes halogenated alkanes) is 4. The third-order valence-electron chi connectivity index (χ3n) is 16.3. The fourth-order valence-electron chi connectivity index (χ4n) is 10.6. The third-order valence-corrected chi connectivity index (χ3v) is 16.3. The highest BCUT2D eigenvalue weighted by Gasteiger charge is 2.37. The summed E-state index contributed by atoms with van der Waals surface area (Å²) < 4.78 is 11.4. The Labute approximate surface area is 576 Å². The van der Waals surface area contributed by atoms with Crippen molar-refractivity contribution in [1.82, 2.24) is 52.3 Å². The summed E-state index contributed by atoms with van der Waals surface area (Å²) in [6.07, 6.45) is 6.36. The SMILES string of the molecule is CC(=O)[C@H](CCCNC(N)=O)NC(=O)[C@@H](NC(=O)CCCCCN1C(=O)CC(C)C1=O)C(C)C.CC[C@H](C(=O)N[C@@H](CCCNC(N)=O)C(C)=O)C(C)C.[2H]C(=O)OCc1ccc(NC(=O)[C@H](CCCNC(N)=O)NC(=O)[C@@H](NC(=O)CCCCCN2C(=O)CC(C)C2=O)C(C)C)cc1. The lowest BCUT2D eigenvalue weighted by atomic mass is 9.92. The normalized spacial score (nSPS) is 16.1. The number of carbonyl (C=O) groups is 16. The summed E-state index contributed by atoms with van der Waals surface area (Å²) in [5.74, 6) is -3.99. The first kappa shape index (κ1) is 85.0. The molecular weight excluding hydrogens is 1270 g/mol. The van der Waals surface area contributed by atoms with Crippen LogP contribution >= 0.6 is 0 Å². The lowest BCUT2D eigenvalue weighted by Gasteiger charge is -2.25. The molecule has 0 saturated carbocycles. The van der Waals surface area contributed by atoms with Crippen LogP contribution in [0.15, 0.2) is 24.3 Å². The van der Waals surface area contributed by atoms with E-state index in [9.17, 15) is 76.7 Å². The molecule has 550 valence electrons. The molecule has 0 aliphatic carbocycles. The van der Waals surface area contributed by atoms with Crippen LogP contribution in [0.25, 0.3) is 0 Å². The first-order valence-corrected chi connectivity index (χ1v) is 33.8. The van der Waals surface area contributed by atoms with Crippen molar-refractivity contribution in [3.05, 3.63) is 29.8 Å². The molecule has 0 spiro atoms. The Morgan fingerprint density at radius 2 is 0.908 bits per heavy atom. The van der Waals surface area contributed by atoms with Gasteiger partial charge in [0.25, 0.3) is 6.45 Å². The van der Waals surface area contributed by atoms with E-state index in [1.54, 1.807) is 65.8 Å². The predicted octanol–water partition coefficient (Wildman–Crippen LogP) is 3.12. The van der Waals surface area contributed by atoms with Crippen molar-refractivity contribution in [1.29, 1.82) is 0 Å². The minimum absolute atomic E-state index is 0.0731. The molecule has 16 amide bonds. The standard InChI is InChI=1S/C30H44N6O8.C23H39N5O6.C14H27N3O3/c1-19(2)26(35-24(38)9-5-4-6-15-36-25(39)16-20(3)29(36)42)28(41)34-23(8-7-14-32-30(31)43)27(40)33-22-12-10-21(11-13-22)17-44-18-37;1-14(2)20(21(32)26-17(16(4)29)9-8-11-25-23(24)34)27-18(30)10-6-5-7-12-28-19(31)13-15(3)22(28)33;1-5-11(9(2)3)13(19)17-12(10(4)18)7-6-8-16-14(15)20/h10-13,18-20,23,26H,4-9,14-17H2,1-3H3,(H,33,40)(H,34,41)(H,35,38)(H3,31,32,43);14-15,17,20H,5-13H2,1-4H3,(H,26,32)(H,27,30)(H3,24,25,34);9,11-12H,5-8H2,1-4H3,(H,17,19)(H3,15,16,20)/t20?,23-,26-;15?,17-,20-;11-,12-/m000/s1/i18D;;. The highest BCUT2D eigenvalue weighted by atomic mass is 16.5. The van der Waals surface area contributed by atoms with Crippen LogP contribution in [0.1, 0.15) is 192 Å². The number of carbonyl (C=O) groups excluding carboxylic acids is 16. The van der Waals surface area contributed by atoms with Gasteiger partial charge in [-0.3, -0.25) is 72.1 Å². The van der Waals surface area contributed by atoms with Gasteiger partial charge in [-0.1, -0.05) is 87.3 Å². The monoisotopic (exact) mass is 1380 g/mol. The number of hydrogen-bond acceptors (Lipinski definition) is 17. The zero-order valence-electron chi connectivity index (χ0n) is 60.0. The molecule has 0 radical (unpaired) electrons. The fraction of sp³-hybridized carbons (Fsp3) is 0.672. The largest absolute Gasteiger partial charge is 0.463 e. The molecule has 1 aromatic carbocycles. The second kappa shape index (κ2) is 47.0. The molecule has 3 rings (SSSR count). The summed E-state index contributed by atoms with van der Waals surface area (Å²) in [5, 5.41) is 23.8. The lowest BCUT2D eigenvalue weighted by Crippen LogP contribution is -2.54. The number of anilines is 1. The second-order valence-electron chi connectivity index (χ2n) is 25.7. The molecular formula is C67H110N14O17. The van der Waals surface area contributed by atoms with E-state index in [1.165, 1.54) is 23.6 Å². The van der Waals surface area contributed by atoms with Crippen molar-refractivity contribution in [3.63, 3.8) is 0 Å². The maximum atomic E-state index is 13.3. The van der Waals surface area contributed by atoms with E-state index in [2.05, 4.69) is 52.6 Å². The number of benzene rings is 1. The number of nitrogens with two attached hydrogens (primary N) is 3. The van der Waals surface area contributed by atoms with Crippen molar-refractivity contribution in [3.8, 4) is 0 Å². The number of hydrogen-bond donors (Lipinski definition) is 12. The summed E-state index contributed by atoms with van der Waals surface area (Å²) in [5.41, 5.74) is 16.1. The first-order valence-electron chi connectivity index (χ1n) is 34.3. The summed E-state index contributed by atoms with van der Waals surface area (Å²) in [4.78, 5) is 193. The number of urea groups is 3. The van der Waals surface area contributed by atoms with E-state index in [0.717, 1.165) is 6.42 Å². The van der Waals surface area contributed by atoms with Gasteiger partial charge in [0.15, 0.2) is 12.9 Å². The molecule has 31 nitrogen and oxygen atoms in total. The maximum absolute atomic E-state index is 13.3. The van der Waals surface area contributed by atoms with Gasteiger partial charge in [0, 0.05) is 81.8 Å². The van der Waals surface area contributed by atoms with Crippen LogP contribution in [0.2, 0.25) is 0 Å². The van der Waals surface area contributed by atoms with Gasteiger partial charge in [-0.05, 0) is 120 Å². The summed E-state index contributed by atoms with van der Waals surface area (Å²) >= 11 is 0. The van der Waals surface area contributed by atoms with E-state index in [1.807, 2.05) is 20.8 Å². The number of nitrogens with zero attached hydrogens (tertiary/aromatic N) is 2. The zero-order chi connectivity index (χ0) is 75.1. The van der Waals surface area contributed by atoms with E-state index in [0.29, 0.717) is 108 Å². The molecule has 0 aromatic heterocycles. The van der Waals surface area contributed by atoms with Crippen LogP contribution < -0.4 is 65.1 Å². The van der Waals surface area contributed by atoms with E-state index < -0.39 is 72.5 Å². The Hall–Kier alpha value is -9.06. The summed E-state index contributed by atoms with van der Waals surface area (Å²) in [6, 6.07) is 0.490. The predicted molar refractivity (Wildman–Crippen MR) is 364 cm³/mol. The molecule has 98 heavy (non-hydrogen) atoms. The van der Waals surface area contributed by atoms with Crippen LogP contribution in [0.5, 0.6) is 0 Å². The molecule has 31 heteroatoms. The average molecular weight is 1380 g/mol. The number of imide groups is 2. The minimum atomic E-state index is -1.16. The number of primary amides is 3. The van der Waals surface area contributed by atoms with Crippen LogP contribution in [0.3, 0.4) is 0 Å². The molecule has 2 aliphatic heterocycles. The molecule has 2 fully saturated rings. The van der Waals surface area contributed by atoms with Gasteiger partial charge in [0.2, 0.25) is 59.1 Å². The Morgan fingerprint density at radius 1 is 0.531 bits per heavy atom. The van der Waals surface area contributed by atoms with E-state index in [-0.39, 0.29) is 134 Å². The van der Waals surface area contributed by atoms with Gasteiger partial charge in [-0.15, -0.1) is 0 Å². The Morgan fingerprint density at radius 3 is 1.23 bits per heavy atom. The second-order valence-corrected chi connectivity index (χ2v) is 25.7. The molecule has 15 N–H and O–H groups in total. The highest BCUT2D eigenvalue weighted by Crippen LogP contribution is 2.22. The van der Waals surface area contributed by atoms with Crippen LogP contribution in [0.4, 0.5) is 20.1 Å². The number of amides is 16. The minimum Gasteiger partial charge on any atom is -0.463 e. The smallest absolute Gasteiger partial charge is 0.312 e. The number of likely N-dealkylation sites (tertiary alicyclic amines) is 2. The average Bonchev–Trinajstić information content (AvgIpc) is 1.75. The molecule has 2 unspecified atom stereocenters. The molecule has 2 aliphatic rings. The van der Waals surface area contributed by atoms with Gasteiger partial charge >= 0.3 is 18.1 Å². The topological polar surface area (TPSA) is 475 Å². The fourth-order valence-corrected chi connectivity index (χ4v) is 10.6. The molecule has 2 saturated heterocycles. The van der Waals surface area contributed by atoms with Gasteiger partial charge < -0.3 is 69.8 Å². The third kappa shape index (κ3) is 34.7. The van der Waals surface area contributed by atoms with Gasteiger partial charge in [0.1, 0.15) is 24.7 Å². The van der Waals surface area contributed by atoms with Gasteiger partial charge in [-0.25, -0.2) is 14.4 Å². The van der Waals surface area contributed by atoms with E-state index >= 15 is 0 Å². The first-order chi connectivity index (χ1) is 46.5. The van der Waals surface area contributed by atoms with Crippen LogP contribution in [0, 0.1) is 35.5 Å². The van der Waals surface area contributed by atoms with Gasteiger partial charge in [-0.2, -0.15) is 0 Å². The van der Waals surface area contributed by atoms with Crippen molar-refractivity contribution in [2.75, 3.05) is 38.0 Å². The molecule has 8 atom stereocenters. The van der Waals surface area contributed by atoms with Crippen molar-refractivity contribution >= 4 is 101 Å². The van der Waals surface area contributed by atoms with Crippen LogP contribution in [-0.4, -0.2) is 168 Å². The number of ether oxygens (including phenoxy) is 1. The molecule has 0 bridgehead atoms. The quantitative estimate of drug-likeness (QED) is 0.0254. The number of Topliss-reactive ketones (excluding diaryl/α,β-unsaturated/α-hetero) is 2. The van der Waals surface area contributed by atoms with Gasteiger partial charge in [0.05, 0.1) is 12.1 Å². The lowest BCUT2D eigenvalue weighted by molar-refractivity contribution is -0.140. The Balaban J connectivity index is 0.000000800. The Kier molecular flexibility index (Phi) is 40.8. The maximum Gasteiger partial charge on any atom is 0.312 e. The van der Waals surface area contributed by atoms with Crippen molar-refractivity contribution < 1.29 is 82.8 Å². The molecule has 1 aromatic rings. The summed E-state index contributed by atoms with van der Waals surface area (Å²) in [6.45, 7) is 20.9. The number of nitrogens with one attached hydrogen (secondary N) is 9. The molecule has 2 heterocycles. The van der Waals surface area contributed by atoms with E-state index in [4.69, 9.17) is 18.6 Å². The van der Waals surface area contributed by atoms with Crippen LogP contribution in [-0.2, 0) is 73.7 Å². The zero-order valence-corrected chi connectivity index (χ0v) is 59.0. The Bertz CT molecular complexity index is 2900. The number of ketones is 2. The summed E-state index contributed by atoms with van der Waals surface area (Å²) in [7, 11) is 0. The van der Waals surface area contributed by atoms with Crippen molar-refractivity contribution in [2.24, 2.45) is 52.7 Å². The number of rotatable bonds is 42. The highest BCUT2D eigenvalue weighted by molar-refractivity contribution is 6.04.